The van der Waals surface area contributed by atoms with Gasteiger partial charge in [-0.25, -0.2) is 4.39 Å². The molecule has 0 fully saturated rings. The molecule has 0 aromatic heterocycles. The van der Waals surface area contributed by atoms with E-state index in [-0.39, 0.29) is 5.02 Å². The number of hydrogen-bond donors (Lipinski definition) is 1. The van der Waals surface area contributed by atoms with Gasteiger partial charge in [-0.2, -0.15) is 0 Å². The summed E-state index contributed by atoms with van der Waals surface area (Å²) in [6.07, 6.45) is -0.223. The maximum absolute atomic E-state index is 13.0. The number of aliphatic hydroxyl groups excluding tert-OH is 1. The molecular weight excluding hydrogens is 319 g/mol. The maximum atomic E-state index is 13.0. The van der Waals surface area contributed by atoms with Gasteiger partial charge in [-0.3, -0.25) is 0 Å². The molecule has 0 saturated carbocycles. The van der Waals surface area contributed by atoms with E-state index in [0.29, 0.717) is 12.0 Å². The van der Waals surface area contributed by atoms with E-state index in [0.717, 1.165) is 10.0 Å². The monoisotopic (exact) mass is 328 g/mol. The van der Waals surface area contributed by atoms with Crippen molar-refractivity contribution in [3.05, 3.63) is 68.9 Å². The molecule has 0 amide bonds. The fourth-order valence-corrected chi connectivity index (χ4v) is 2.13. The molecule has 4 heteroatoms. The normalized spacial score (nSPS) is 12.4. The van der Waals surface area contributed by atoms with E-state index in [9.17, 15) is 9.50 Å². The minimum absolute atomic E-state index is 0.0300. The molecule has 1 atom stereocenters. The van der Waals surface area contributed by atoms with Crippen molar-refractivity contribution in [2.45, 2.75) is 12.5 Å². The second-order valence-electron chi connectivity index (χ2n) is 4.02. The van der Waals surface area contributed by atoms with Gasteiger partial charge in [0.25, 0.3) is 0 Å². The fourth-order valence-electron chi connectivity index (χ4n) is 1.68. The first-order valence-corrected chi connectivity index (χ1v) is 6.61. The molecule has 1 N–H and O–H groups in total. The van der Waals surface area contributed by atoms with Crippen LogP contribution >= 0.6 is 27.5 Å². The van der Waals surface area contributed by atoms with Crippen molar-refractivity contribution in [1.82, 2.24) is 0 Å². The summed E-state index contributed by atoms with van der Waals surface area (Å²) in [5.74, 6) is -0.476. The molecule has 18 heavy (non-hydrogen) atoms. The molecule has 2 aromatic rings. The first-order valence-electron chi connectivity index (χ1n) is 5.44. The summed E-state index contributed by atoms with van der Waals surface area (Å²) in [4.78, 5) is 0. The lowest BCUT2D eigenvalue weighted by molar-refractivity contribution is 0.178. The van der Waals surface area contributed by atoms with E-state index >= 15 is 0 Å². The van der Waals surface area contributed by atoms with Gasteiger partial charge >= 0.3 is 0 Å². The number of hydrogen-bond acceptors (Lipinski definition) is 1. The molecule has 0 spiro atoms. The first kappa shape index (κ1) is 13.5. The average Bonchev–Trinajstić information content (AvgIpc) is 2.35. The topological polar surface area (TPSA) is 20.2 Å². The standard InChI is InChI=1S/C14H11BrClFO/c15-11-4-1-9(2-5-11)7-14(18)10-3-6-13(17)12(16)8-10/h1-6,8,14,18H,7H2. The third-order valence-electron chi connectivity index (χ3n) is 2.67. The Morgan fingerprint density at radius 1 is 1.17 bits per heavy atom. The number of benzene rings is 2. The first-order chi connectivity index (χ1) is 8.56. The third-order valence-corrected chi connectivity index (χ3v) is 3.49. The van der Waals surface area contributed by atoms with Gasteiger partial charge < -0.3 is 5.11 Å². The Kier molecular flexibility index (Phi) is 4.38. The maximum Gasteiger partial charge on any atom is 0.141 e. The summed E-state index contributed by atoms with van der Waals surface area (Å²) < 4.78 is 14.0. The highest BCUT2D eigenvalue weighted by Gasteiger charge is 2.10. The second-order valence-corrected chi connectivity index (χ2v) is 5.34. The summed E-state index contributed by atoms with van der Waals surface area (Å²) in [6.45, 7) is 0. The predicted molar refractivity (Wildman–Crippen MR) is 74.2 cm³/mol. The fraction of sp³-hybridized carbons (Fsp3) is 0.143. The highest BCUT2D eigenvalue weighted by Crippen LogP contribution is 2.24. The number of halogens is 3. The predicted octanol–water partition coefficient (Wildman–Crippen LogP) is 4.52. The van der Waals surface area contributed by atoms with Crippen LogP contribution in [0, 0.1) is 5.82 Å². The van der Waals surface area contributed by atoms with Gasteiger partial charge in [0.2, 0.25) is 0 Å². The summed E-state index contributed by atoms with van der Waals surface area (Å²) in [6, 6.07) is 12.0. The largest absolute Gasteiger partial charge is 0.388 e. The molecule has 1 nitrogen and oxygen atoms in total. The van der Waals surface area contributed by atoms with Gasteiger partial charge in [0, 0.05) is 10.9 Å². The van der Waals surface area contributed by atoms with Crippen LogP contribution in [0.15, 0.2) is 46.9 Å². The lowest BCUT2D eigenvalue weighted by Gasteiger charge is -2.11. The van der Waals surface area contributed by atoms with Crippen molar-refractivity contribution in [2.75, 3.05) is 0 Å². The van der Waals surface area contributed by atoms with Crippen LogP contribution in [0.5, 0.6) is 0 Å². The highest BCUT2D eigenvalue weighted by atomic mass is 79.9. The van der Waals surface area contributed by atoms with Gasteiger partial charge in [-0.15, -0.1) is 0 Å². The molecular formula is C14H11BrClFO. The Labute approximate surface area is 118 Å². The highest BCUT2D eigenvalue weighted by molar-refractivity contribution is 9.10. The second kappa shape index (κ2) is 5.83. The third kappa shape index (κ3) is 3.31. The van der Waals surface area contributed by atoms with Crippen LogP contribution in [-0.2, 0) is 6.42 Å². The Bertz CT molecular complexity index is 542. The van der Waals surface area contributed by atoms with Crippen molar-refractivity contribution in [2.24, 2.45) is 0 Å². The molecule has 0 heterocycles. The van der Waals surface area contributed by atoms with Crippen LogP contribution in [0.4, 0.5) is 4.39 Å². The van der Waals surface area contributed by atoms with Crippen LogP contribution in [0.1, 0.15) is 17.2 Å². The molecule has 0 radical (unpaired) electrons. The van der Waals surface area contributed by atoms with E-state index in [4.69, 9.17) is 11.6 Å². The molecule has 0 aliphatic rings. The number of rotatable bonds is 3. The van der Waals surface area contributed by atoms with E-state index in [1.54, 1.807) is 6.07 Å². The van der Waals surface area contributed by atoms with Crippen molar-refractivity contribution in [1.29, 1.82) is 0 Å². The van der Waals surface area contributed by atoms with Crippen LogP contribution in [0.25, 0.3) is 0 Å². The van der Waals surface area contributed by atoms with Crippen molar-refractivity contribution in [3.8, 4) is 0 Å². The Morgan fingerprint density at radius 3 is 2.44 bits per heavy atom. The minimum atomic E-state index is -0.690. The smallest absolute Gasteiger partial charge is 0.141 e. The van der Waals surface area contributed by atoms with Gasteiger partial charge in [-0.05, 0) is 35.4 Å². The van der Waals surface area contributed by atoms with Gasteiger partial charge in [0.05, 0.1) is 11.1 Å². The Hall–Kier alpha value is -0.900. The zero-order valence-corrected chi connectivity index (χ0v) is 11.7. The van der Waals surface area contributed by atoms with Crippen LogP contribution in [0.2, 0.25) is 5.02 Å². The van der Waals surface area contributed by atoms with E-state index in [1.165, 1.54) is 12.1 Å². The number of aliphatic hydroxyl groups is 1. The van der Waals surface area contributed by atoms with Crippen LogP contribution in [-0.4, -0.2) is 5.11 Å². The molecule has 2 rings (SSSR count). The zero-order valence-electron chi connectivity index (χ0n) is 9.41. The Balaban J connectivity index is 2.13. The molecule has 0 aliphatic carbocycles. The summed E-state index contributed by atoms with van der Waals surface area (Å²) in [5, 5.41) is 10.1. The molecule has 1 unspecified atom stereocenters. The average molecular weight is 330 g/mol. The van der Waals surface area contributed by atoms with Gasteiger partial charge in [0.15, 0.2) is 0 Å². The van der Waals surface area contributed by atoms with Gasteiger partial charge in [0.1, 0.15) is 5.82 Å². The zero-order chi connectivity index (χ0) is 13.1. The SMILES string of the molecule is OC(Cc1ccc(Br)cc1)c1ccc(F)c(Cl)c1. The summed E-state index contributed by atoms with van der Waals surface area (Å²) in [5.41, 5.74) is 1.62. The molecule has 0 bridgehead atoms. The summed E-state index contributed by atoms with van der Waals surface area (Å²) >= 11 is 9.04. The lowest BCUT2D eigenvalue weighted by Crippen LogP contribution is -2.02. The van der Waals surface area contributed by atoms with E-state index in [1.807, 2.05) is 24.3 Å². The molecule has 94 valence electrons. The van der Waals surface area contributed by atoms with Crippen LogP contribution in [0.3, 0.4) is 0 Å². The molecule has 0 saturated heterocycles. The Morgan fingerprint density at radius 2 is 1.83 bits per heavy atom. The van der Waals surface area contributed by atoms with Crippen molar-refractivity contribution in [3.63, 3.8) is 0 Å². The minimum Gasteiger partial charge on any atom is -0.388 e. The van der Waals surface area contributed by atoms with Crippen molar-refractivity contribution < 1.29 is 9.50 Å². The van der Waals surface area contributed by atoms with Crippen molar-refractivity contribution >= 4 is 27.5 Å². The van der Waals surface area contributed by atoms with E-state index < -0.39 is 11.9 Å². The van der Waals surface area contributed by atoms with E-state index in [2.05, 4.69) is 15.9 Å². The van der Waals surface area contributed by atoms with Crippen LogP contribution < -0.4 is 0 Å². The lowest BCUT2D eigenvalue weighted by atomic mass is 10.0. The summed E-state index contributed by atoms with van der Waals surface area (Å²) in [7, 11) is 0. The quantitative estimate of drug-likeness (QED) is 0.878. The molecule has 0 aliphatic heterocycles. The van der Waals surface area contributed by atoms with Gasteiger partial charge in [-0.1, -0.05) is 45.7 Å². The molecule has 2 aromatic carbocycles.